The molecule has 0 amide bonds. The summed E-state index contributed by atoms with van der Waals surface area (Å²) in [5.41, 5.74) is 7.08. The summed E-state index contributed by atoms with van der Waals surface area (Å²) in [4.78, 5) is 0. The largest absolute Gasteiger partial charge is 0.369 e. The van der Waals surface area contributed by atoms with E-state index in [-0.39, 0.29) is 6.17 Å². The summed E-state index contributed by atoms with van der Waals surface area (Å²) in [7, 11) is 0. The van der Waals surface area contributed by atoms with Gasteiger partial charge in [-0.2, -0.15) is 0 Å². The molecule has 3 N–H and O–H groups in total. The molecule has 0 aromatic rings. The average molecular weight is 197 g/mol. The monoisotopic (exact) mass is 197 g/mol. The fourth-order valence-electron chi connectivity index (χ4n) is 1.01. The number of allylic oxidation sites excluding steroid dienone is 2. The molecule has 0 aromatic carbocycles. The Hall–Kier alpha value is -0.800. The molecule has 0 fully saturated rings. The van der Waals surface area contributed by atoms with Crippen LogP contribution in [0.15, 0.2) is 24.4 Å². The van der Waals surface area contributed by atoms with E-state index >= 15 is 0 Å². The van der Waals surface area contributed by atoms with Crippen LogP contribution in [0.3, 0.4) is 0 Å². The summed E-state index contributed by atoms with van der Waals surface area (Å²) in [6.07, 6.45) is 6.63. The van der Waals surface area contributed by atoms with Crippen LogP contribution in [0.4, 0.5) is 0 Å². The molecule has 0 spiro atoms. The molecule has 0 aliphatic rings. The molecule has 1 unspecified atom stereocenters. The Morgan fingerprint density at radius 2 is 2.14 bits per heavy atom. The minimum atomic E-state index is 0.189. The van der Waals surface area contributed by atoms with Crippen molar-refractivity contribution in [3.05, 3.63) is 24.4 Å². The molecule has 0 saturated heterocycles. The molecule has 0 heterocycles. The lowest BCUT2D eigenvalue weighted by Gasteiger charge is -2.16. The Labute approximate surface area is 87.6 Å². The standard InChI is InChI=1S/C11H23N3/c1-5-7-8-9-10(3)13-11(4)14-12-6-2/h8-9,11-14H,3,5-7H2,1-2,4H3/b9-8-. The highest BCUT2D eigenvalue weighted by Gasteiger charge is 1.97. The Morgan fingerprint density at radius 3 is 2.71 bits per heavy atom. The highest BCUT2D eigenvalue weighted by Crippen LogP contribution is 1.93. The molecule has 0 saturated carbocycles. The second-order valence-corrected chi connectivity index (χ2v) is 3.26. The van der Waals surface area contributed by atoms with E-state index in [9.17, 15) is 0 Å². The van der Waals surface area contributed by atoms with E-state index in [1.54, 1.807) is 0 Å². The summed E-state index contributed by atoms with van der Waals surface area (Å²) in [6, 6.07) is 0. The van der Waals surface area contributed by atoms with Crippen molar-refractivity contribution in [2.75, 3.05) is 6.54 Å². The second-order valence-electron chi connectivity index (χ2n) is 3.26. The Bertz CT molecular complexity index is 175. The zero-order chi connectivity index (χ0) is 10.8. The molecule has 0 aliphatic carbocycles. The molecule has 3 nitrogen and oxygen atoms in total. The third kappa shape index (κ3) is 7.83. The van der Waals surface area contributed by atoms with Crippen molar-refractivity contribution < 1.29 is 0 Å². The van der Waals surface area contributed by atoms with E-state index in [1.165, 1.54) is 6.42 Å². The first-order chi connectivity index (χ1) is 6.70. The smallest absolute Gasteiger partial charge is 0.0867 e. The number of rotatable bonds is 8. The Balaban J connectivity index is 3.59. The summed E-state index contributed by atoms with van der Waals surface area (Å²) in [5.74, 6) is 0. The van der Waals surface area contributed by atoms with Crippen LogP contribution < -0.4 is 16.2 Å². The quantitative estimate of drug-likeness (QED) is 0.316. The lowest BCUT2D eigenvalue weighted by molar-refractivity contribution is 0.426. The van der Waals surface area contributed by atoms with Gasteiger partial charge in [0.15, 0.2) is 0 Å². The van der Waals surface area contributed by atoms with Gasteiger partial charge in [0.2, 0.25) is 0 Å². The summed E-state index contributed by atoms with van der Waals surface area (Å²) in [6.45, 7) is 11.1. The number of unbranched alkanes of at least 4 members (excludes halogenated alkanes) is 1. The maximum Gasteiger partial charge on any atom is 0.0867 e. The molecule has 14 heavy (non-hydrogen) atoms. The van der Waals surface area contributed by atoms with E-state index < -0.39 is 0 Å². The first-order valence-electron chi connectivity index (χ1n) is 5.31. The molecule has 3 heteroatoms. The summed E-state index contributed by atoms with van der Waals surface area (Å²) in [5, 5.41) is 3.22. The third-order valence-corrected chi connectivity index (χ3v) is 1.67. The number of hydrogen-bond acceptors (Lipinski definition) is 3. The predicted molar refractivity (Wildman–Crippen MR) is 62.6 cm³/mol. The molecule has 0 aliphatic heterocycles. The van der Waals surface area contributed by atoms with Crippen molar-refractivity contribution in [2.24, 2.45) is 0 Å². The van der Waals surface area contributed by atoms with Crippen molar-refractivity contribution in [1.29, 1.82) is 0 Å². The lowest BCUT2D eigenvalue weighted by atomic mass is 10.3. The van der Waals surface area contributed by atoms with Crippen molar-refractivity contribution >= 4 is 0 Å². The van der Waals surface area contributed by atoms with Gasteiger partial charge in [-0.3, -0.25) is 5.43 Å². The SMILES string of the molecule is C=C(/C=C\CCC)NC(C)NNCC. The van der Waals surface area contributed by atoms with E-state index in [0.29, 0.717) is 0 Å². The first-order valence-corrected chi connectivity index (χ1v) is 5.31. The average Bonchev–Trinajstić information content (AvgIpc) is 2.15. The van der Waals surface area contributed by atoms with E-state index in [4.69, 9.17) is 0 Å². The maximum atomic E-state index is 3.91. The van der Waals surface area contributed by atoms with Crippen molar-refractivity contribution in [2.45, 2.75) is 39.8 Å². The minimum absolute atomic E-state index is 0.189. The lowest BCUT2D eigenvalue weighted by Crippen LogP contribution is -2.46. The van der Waals surface area contributed by atoms with Crippen molar-refractivity contribution in [3.8, 4) is 0 Å². The highest BCUT2D eigenvalue weighted by molar-refractivity contribution is 5.12. The highest BCUT2D eigenvalue weighted by atomic mass is 15.4. The van der Waals surface area contributed by atoms with Gasteiger partial charge in [-0.15, -0.1) is 0 Å². The molecule has 0 aromatic heterocycles. The molecular formula is C11H23N3. The zero-order valence-electron chi connectivity index (χ0n) is 9.56. The molecule has 0 bridgehead atoms. The topological polar surface area (TPSA) is 36.1 Å². The van der Waals surface area contributed by atoms with Gasteiger partial charge in [0.05, 0.1) is 6.17 Å². The normalized spacial score (nSPS) is 13.1. The molecule has 0 rings (SSSR count). The number of hydrazine groups is 1. The third-order valence-electron chi connectivity index (χ3n) is 1.67. The van der Waals surface area contributed by atoms with Gasteiger partial charge in [0.1, 0.15) is 0 Å². The Morgan fingerprint density at radius 1 is 1.43 bits per heavy atom. The van der Waals surface area contributed by atoms with Crippen LogP contribution in [-0.4, -0.2) is 12.7 Å². The minimum Gasteiger partial charge on any atom is -0.369 e. The summed E-state index contributed by atoms with van der Waals surface area (Å²) < 4.78 is 0. The van der Waals surface area contributed by atoms with Gasteiger partial charge in [-0.05, 0) is 19.4 Å². The fraction of sp³-hybridized carbons (Fsp3) is 0.636. The van der Waals surface area contributed by atoms with Crippen LogP contribution in [0.25, 0.3) is 0 Å². The van der Waals surface area contributed by atoms with Gasteiger partial charge in [-0.1, -0.05) is 32.9 Å². The number of nitrogens with one attached hydrogen (secondary N) is 3. The first kappa shape index (κ1) is 13.2. The molecule has 82 valence electrons. The fourth-order valence-corrected chi connectivity index (χ4v) is 1.01. The van der Waals surface area contributed by atoms with Crippen LogP contribution in [0.1, 0.15) is 33.6 Å². The van der Waals surface area contributed by atoms with Gasteiger partial charge < -0.3 is 5.32 Å². The molecule has 1 atom stereocenters. The Kier molecular flexibility index (Phi) is 8.28. The second kappa shape index (κ2) is 8.78. The van der Waals surface area contributed by atoms with Gasteiger partial charge >= 0.3 is 0 Å². The van der Waals surface area contributed by atoms with Crippen molar-refractivity contribution in [3.63, 3.8) is 0 Å². The summed E-state index contributed by atoms with van der Waals surface area (Å²) >= 11 is 0. The predicted octanol–water partition coefficient (Wildman–Crippen LogP) is 1.91. The van der Waals surface area contributed by atoms with Gasteiger partial charge in [0, 0.05) is 12.2 Å². The van der Waals surface area contributed by atoms with Crippen LogP contribution >= 0.6 is 0 Å². The van der Waals surface area contributed by atoms with Crippen LogP contribution in [-0.2, 0) is 0 Å². The molecular weight excluding hydrogens is 174 g/mol. The van der Waals surface area contributed by atoms with Crippen molar-refractivity contribution in [1.82, 2.24) is 16.2 Å². The maximum absolute atomic E-state index is 3.91. The number of hydrogen-bond donors (Lipinski definition) is 3. The van der Waals surface area contributed by atoms with E-state index in [1.807, 2.05) is 13.0 Å². The van der Waals surface area contributed by atoms with Gasteiger partial charge in [0.25, 0.3) is 0 Å². The van der Waals surface area contributed by atoms with E-state index in [0.717, 1.165) is 18.7 Å². The van der Waals surface area contributed by atoms with E-state index in [2.05, 4.69) is 42.7 Å². The van der Waals surface area contributed by atoms with Crippen LogP contribution in [0.5, 0.6) is 0 Å². The molecule has 0 radical (unpaired) electrons. The van der Waals surface area contributed by atoms with Gasteiger partial charge in [-0.25, -0.2) is 5.43 Å². The van der Waals surface area contributed by atoms with Crippen LogP contribution in [0, 0.1) is 0 Å². The zero-order valence-corrected chi connectivity index (χ0v) is 9.56. The van der Waals surface area contributed by atoms with Crippen LogP contribution in [0.2, 0.25) is 0 Å².